The Hall–Kier alpha value is -2.36. The zero-order chi connectivity index (χ0) is 20.3. The van der Waals surface area contributed by atoms with Crippen LogP contribution >= 0.6 is 54.5 Å². The molecule has 0 radical (unpaired) electrons. The van der Waals surface area contributed by atoms with Crippen molar-refractivity contribution in [1.82, 2.24) is 0 Å². The highest BCUT2D eigenvalue weighted by atomic mass is 79.9. The summed E-state index contributed by atoms with van der Waals surface area (Å²) in [5.41, 5.74) is 0.818. The predicted molar refractivity (Wildman–Crippen MR) is 116 cm³/mol. The summed E-state index contributed by atoms with van der Waals surface area (Å²) in [4.78, 5) is 25.2. The van der Waals surface area contributed by atoms with Crippen LogP contribution in [0.2, 0.25) is 0 Å². The van der Waals surface area contributed by atoms with Crippen LogP contribution in [-0.4, -0.2) is 11.6 Å². The van der Waals surface area contributed by atoms with E-state index in [0.717, 1.165) is 31.6 Å². The van der Waals surface area contributed by atoms with Gasteiger partial charge in [-0.15, -0.1) is 22.7 Å². The Morgan fingerprint density at radius 2 is 1.00 bits per heavy atom. The lowest BCUT2D eigenvalue weighted by Crippen LogP contribution is -2.21. The minimum absolute atomic E-state index is 0.00875. The fourth-order valence-corrected chi connectivity index (χ4v) is 4.84. The van der Waals surface area contributed by atoms with Crippen LogP contribution in [0.5, 0.6) is 0 Å². The van der Waals surface area contributed by atoms with Crippen molar-refractivity contribution < 1.29 is 9.59 Å². The Morgan fingerprint density at radius 1 is 0.679 bits per heavy atom. The van der Waals surface area contributed by atoms with Gasteiger partial charge in [-0.05, 0) is 48.5 Å². The molecule has 0 N–H and O–H groups in total. The standard InChI is InChI=1S/C20H8Br2N2O2S2/c21-13-5-1-11(2-6-13)17(25)15(9-23)19-27-20(28-19)16(10-24)18(26)12-3-7-14(22)8-4-12/h1-8H. The third-order valence-corrected chi connectivity index (χ3v) is 7.29. The van der Waals surface area contributed by atoms with Gasteiger partial charge in [0.2, 0.25) is 11.6 Å². The van der Waals surface area contributed by atoms with Gasteiger partial charge in [-0.2, -0.15) is 10.5 Å². The van der Waals surface area contributed by atoms with Crippen molar-refractivity contribution in [2.75, 3.05) is 0 Å². The summed E-state index contributed by atoms with van der Waals surface area (Å²) in [6.45, 7) is 0. The van der Waals surface area contributed by atoms with Gasteiger partial charge in [0.25, 0.3) is 0 Å². The fraction of sp³-hybridized carbons (Fsp3) is 0. The van der Waals surface area contributed by atoms with Crippen molar-refractivity contribution in [2.45, 2.75) is 0 Å². The van der Waals surface area contributed by atoms with E-state index in [4.69, 9.17) is 0 Å². The summed E-state index contributed by atoms with van der Waals surface area (Å²) >= 11 is 8.82. The molecule has 0 aliphatic rings. The van der Waals surface area contributed by atoms with Crippen molar-refractivity contribution in [3.8, 4) is 12.1 Å². The van der Waals surface area contributed by atoms with Crippen LogP contribution in [0.3, 0.4) is 0 Å². The number of ketones is 2. The first-order chi connectivity index (χ1) is 13.4. The van der Waals surface area contributed by atoms with Crippen LogP contribution in [0.15, 0.2) is 57.5 Å². The van der Waals surface area contributed by atoms with Crippen molar-refractivity contribution >= 4 is 77.2 Å². The van der Waals surface area contributed by atoms with Gasteiger partial charge in [-0.25, -0.2) is 0 Å². The molecule has 3 aromatic rings. The Labute approximate surface area is 184 Å². The van der Waals surface area contributed by atoms with E-state index in [0.29, 0.717) is 18.8 Å². The lowest BCUT2D eigenvalue weighted by Gasteiger charge is -2.03. The first-order valence-corrected chi connectivity index (χ1v) is 10.9. The van der Waals surface area contributed by atoms with Crippen LogP contribution in [0.1, 0.15) is 20.7 Å². The first-order valence-electron chi connectivity index (χ1n) is 7.69. The van der Waals surface area contributed by atoms with Crippen molar-refractivity contribution in [3.63, 3.8) is 0 Å². The van der Waals surface area contributed by atoms with Gasteiger partial charge in [0.1, 0.15) is 31.0 Å². The van der Waals surface area contributed by atoms with Gasteiger partial charge in [0.15, 0.2) is 0 Å². The molecule has 1 heterocycles. The van der Waals surface area contributed by atoms with Gasteiger partial charge in [-0.3, -0.25) is 9.59 Å². The number of Topliss-reactive ketones (excluding diaryl/α,β-unsaturated/α-hetero) is 2. The molecule has 0 fully saturated rings. The molecule has 136 valence electrons. The number of carbonyl (C=O) groups excluding carboxylic acids is 2. The Balaban J connectivity index is 2.02. The fourth-order valence-electron chi connectivity index (χ4n) is 2.25. The minimum Gasteiger partial charge on any atom is -0.288 e. The lowest BCUT2D eigenvalue weighted by molar-refractivity contribution is 0.105. The average molecular weight is 532 g/mol. The lowest BCUT2D eigenvalue weighted by atomic mass is 10.1. The Bertz CT molecular complexity index is 1160. The SMILES string of the molecule is N#CC(C(=O)c1ccc(Br)cc1)=c1sc(=C(C#N)C(=O)c2ccc(Br)cc2)s1. The van der Waals surface area contributed by atoms with Crippen molar-refractivity contribution in [1.29, 1.82) is 10.5 Å². The highest BCUT2D eigenvalue weighted by Gasteiger charge is 2.18. The highest BCUT2D eigenvalue weighted by molar-refractivity contribution is 9.10. The number of hydrogen-bond acceptors (Lipinski definition) is 6. The van der Waals surface area contributed by atoms with Gasteiger partial charge in [-0.1, -0.05) is 31.9 Å². The highest BCUT2D eigenvalue weighted by Crippen LogP contribution is 2.16. The number of nitrogens with zero attached hydrogens (tertiary/aromatic N) is 2. The number of halogens is 2. The topological polar surface area (TPSA) is 81.7 Å². The van der Waals surface area contributed by atoms with Crippen molar-refractivity contribution in [2.24, 2.45) is 0 Å². The molecule has 0 atom stereocenters. The van der Waals surface area contributed by atoms with E-state index < -0.39 is 0 Å². The molecule has 8 heteroatoms. The van der Waals surface area contributed by atoms with E-state index in [2.05, 4.69) is 31.9 Å². The van der Waals surface area contributed by atoms with E-state index in [1.807, 2.05) is 12.1 Å². The van der Waals surface area contributed by atoms with E-state index in [1.54, 1.807) is 48.5 Å². The number of rotatable bonds is 4. The molecule has 3 rings (SSSR count). The summed E-state index contributed by atoms with van der Waals surface area (Å²) in [5, 5.41) is 18.9. The van der Waals surface area contributed by atoms with Crippen LogP contribution in [0.4, 0.5) is 0 Å². The number of hydrogen-bond donors (Lipinski definition) is 0. The summed E-state index contributed by atoms with van der Waals surface area (Å²) < 4.78 is 2.64. The van der Waals surface area contributed by atoms with E-state index in [1.165, 1.54) is 0 Å². The number of benzene rings is 2. The molecule has 0 aliphatic carbocycles. The maximum atomic E-state index is 12.6. The molecular weight excluding hydrogens is 524 g/mol. The Morgan fingerprint density at radius 3 is 1.29 bits per heavy atom. The molecule has 0 saturated heterocycles. The molecule has 0 bridgehead atoms. The largest absolute Gasteiger partial charge is 0.288 e. The van der Waals surface area contributed by atoms with Crippen LogP contribution < -0.4 is 7.69 Å². The van der Waals surface area contributed by atoms with Crippen molar-refractivity contribution in [3.05, 3.63) is 76.3 Å². The molecule has 0 amide bonds. The second-order valence-corrected chi connectivity index (χ2v) is 9.81. The summed E-state index contributed by atoms with van der Waals surface area (Å²) in [6, 6.07) is 17.3. The molecule has 4 nitrogen and oxygen atoms in total. The molecule has 0 spiro atoms. The Kier molecular flexibility index (Phi) is 6.38. The molecule has 1 aromatic heterocycles. The average Bonchev–Trinajstić information content (AvgIpc) is 2.67. The smallest absolute Gasteiger partial charge is 0.205 e. The summed E-state index contributed by atoms with van der Waals surface area (Å²) in [6.07, 6.45) is 0. The predicted octanol–water partition coefficient (Wildman–Crippen LogP) is 4.45. The molecule has 0 aliphatic heterocycles. The maximum Gasteiger partial charge on any atom is 0.205 e. The number of nitriles is 2. The summed E-state index contributed by atoms with van der Waals surface area (Å²) in [5.74, 6) is -0.774. The zero-order valence-electron chi connectivity index (χ0n) is 13.9. The van der Waals surface area contributed by atoms with E-state index in [9.17, 15) is 20.1 Å². The molecule has 0 unspecified atom stereocenters. The zero-order valence-corrected chi connectivity index (χ0v) is 18.7. The van der Waals surface area contributed by atoms with Crippen LogP contribution in [0, 0.1) is 22.7 Å². The third-order valence-electron chi connectivity index (χ3n) is 3.67. The second kappa shape index (κ2) is 8.76. The van der Waals surface area contributed by atoms with Gasteiger partial charge >= 0.3 is 0 Å². The molecule has 0 saturated carbocycles. The minimum atomic E-state index is -0.387. The monoisotopic (exact) mass is 530 g/mol. The normalized spacial score (nSPS) is 10.0. The van der Waals surface area contributed by atoms with E-state index in [-0.39, 0.29) is 22.7 Å². The quantitative estimate of drug-likeness (QED) is 0.466. The van der Waals surface area contributed by atoms with Gasteiger partial charge < -0.3 is 0 Å². The van der Waals surface area contributed by atoms with Crippen LogP contribution in [0.25, 0.3) is 11.1 Å². The first kappa shape index (κ1) is 20.4. The van der Waals surface area contributed by atoms with Gasteiger partial charge in [0, 0.05) is 20.1 Å². The van der Waals surface area contributed by atoms with Gasteiger partial charge in [0.05, 0.1) is 0 Å². The number of carbonyl (C=O) groups is 2. The third kappa shape index (κ3) is 4.21. The van der Waals surface area contributed by atoms with Crippen LogP contribution in [-0.2, 0) is 0 Å². The molecule has 28 heavy (non-hydrogen) atoms. The van der Waals surface area contributed by atoms with E-state index >= 15 is 0 Å². The molecule has 2 aromatic carbocycles. The maximum absolute atomic E-state index is 12.6. The second-order valence-electron chi connectivity index (χ2n) is 5.42. The molecular formula is C20H8Br2N2O2S2. The summed E-state index contributed by atoms with van der Waals surface area (Å²) in [7, 11) is 0.